The first kappa shape index (κ1) is 14.0. The van der Waals surface area contributed by atoms with Crippen LogP contribution in [0.15, 0.2) is 0 Å². The van der Waals surface area contributed by atoms with Crippen LogP contribution in [-0.4, -0.2) is 24.8 Å². The zero-order chi connectivity index (χ0) is 11.7. The van der Waals surface area contributed by atoms with Crippen LogP contribution >= 0.6 is 0 Å². The van der Waals surface area contributed by atoms with E-state index in [1.165, 1.54) is 57.9 Å². The number of unbranched alkanes of at least 4 members (excludes halogenated alkanes) is 3. The van der Waals surface area contributed by atoms with Gasteiger partial charge in [0.05, 0.1) is 0 Å². The van der Waals surface area contributed by atoms with Crippen molar-refractivity contribution in [2.45, 2.75) is 64.7 Å². The summed E-state index contributed by atoms with van der Waals surface area (Å²) in [7, 11) is 0. The largest absolute Gasteiger partial charge is 0.396 e. The third-order valence-electron chi connectivity index (χ3n) is 3.87. The molecule has 2 heteroatoms. The molecule has 2 N–H and O–H groups in total. The summed E-state index contributed by atoms with van der Waals surface area (Å²) in [5.74, 6) is 0. The third kappa shape index (κ3) is 5.86. The van der Waals surface area contributed by atoms with Gasteiger partial charge >= 0.3 is 0 Å². The maximum atomic E-state index is 8.66. The molecule has 0 unspecified atom stereocenters. The van der Waals surface area contributed by atoms with Crippen molar-refractivity contribution in [1.29, 1.82) is 0 Å². The van der Waals surface area contributed by atoms with Crippen molar-refractivity contribution in [3.8, 4) is 0 Å². The Morgan fingerprint density at radius 1 is 1.00 bits per heavy atom. The van der Waals surface area contributed by atoms with E-state index in [1.807, 2.05) is 0 Å². The van der Waals surface area contributed by atoms with E-state index in [9.17, 15) is 0 Å². The molecule has 0 aliphatic heterocycles. The van der Waals surface area contributed by atoms with Crippen molar-refractivity contribution >= 4 is 0 Å². The van der Waals surface area contributed by atoms with Crippen LogP contribution in [0.25, 0.3) is 0 Å². The number of hydrogen-bond donors (Lipinski definition) is 2. The summed E-state index contributed by atoms with van der Waals surface area (Å²) in [4.78, 5) is 0. The minimum atomic E-state index is 0.353. The molecular formula is C14H29NO. The zero-order valence-corrected chi connectivity index (χ0v) is 10.9. The quantitative estimate of drug-likeness (QED) is 0.625. The topological polar surface area (TPSA) is 32.3 Å². The van der Waals surface area contributed by atoms with Gasteiger partial charge in [-0.2, -0.15) is 0 Å². The minimum absolute atomic E-state index is 0.353. The number of hydrogen-bond acceptors (Lipinski definition) is 2. The van der Waals surface area contributed by atoms with E-state index in [2.05, 4.69) is 12.2 Å². The molecule has 0 spiro atoms. The molecule has 1 aliphatic carbocycles. The van der Waals surface area contributed by atoms with Crippen LogP contribution in [0.1, 0.15) is 64.7 Å². The molecule has 1 aliphatic rings. The molecular weight excluding hydrogens is 198 g/mol. The van der Waals surface area contributed by atoms with Crippen molar-refractivity contribution < 1.29 is 5.11 Å². The lowest BCUT2D eigenvalue weighted by molar-refractivity contribution is 0.208. The zero-order valence-electron chi connectivity index (χ0n) is 10.9. The summed E-state index contributed by atoms with van der Waals surface area (Å²) in [5, 5.41) is 12.3. The van der Waals surface area contributed by atoms with Crippen LogP contribution < -0.4 is 5.32 Å². The van der Waals surface area contributed by atoms with Gasteiger partial charge in [-0.15, -0.1) is 0 Å². The first-order chi connectivity index (χ1) is 7.77. The number of rotatable bonds is 8. The Balaban J connectivity index is 1.93. The molecule has 0 heterocycles. The van der Waals surface area contributed by atoms with Crippen LogP contribution in [0.5, 0.6) is 0 Å². The first-order valence-corrected chi connectivity index (χ1v) is 7.08. The van der Waals surface area contributed by atoms with Crippen LogP contribution in [0.2, 0.25) is 0 Å². The van der Waals surface area contributed by atoms with Crippen molar-refractivity contribution in [2.24, 2.45) is 5.41 Å². The van der Waals surface area contributed by atoms with Crippen LogP contribution in [-0.2, 0) is 0 Å². The fourth-order valence-electron chi connectivity index (χ4n) is 2.69. The SMILES string of the molecule is CC1(CNCCCCCCO)CCCCC1. The molecule has 96 valence electrons. The lowest BCUT2D eigenvalue weighted by atomic mass is 9.76. The van der Waals surface area contributed by atoms with Gasteiger partial charge in [0.1, 0.15) is 0 Å². The fraction of sp³-hybridized carbons (Fsp3) is 1.00. The van der Waals surface area contributed by atoms with Gasteiger partial charge in [-0.25, -0.2) is 0 Å². The smallest absolute Gasteiger partial charge is 0.0431 e. The van der Waals surface area contributed by atoms with E-state index in [0.717, 1.165) is 13.0 Å². The summed E-state index contributed by atoms with van der Waals surface area (Å²) < 4.78 is 0. The highest BCUT2D eigenvalue weighted by molar-refractivity contribution is 4.80. The first-order valence-electron chi connectivity index (χ1n) is 7.08. The van der Waals surface area contributed by atoms with Crippen molar-refractivity contribution in [2.75, 3.05) is 19.7 Å². The molecule has 16 heavy (non-hydrogen) atoms. The summed E-state index contributed by atoms with van der Waals surface area (Å²) in [6, 6.07) is 0. The predicted molar refractivity (Wildman–Crippen MR) is 69.6 cm³/mol. The van der Waals surface area contributed by atoms with Crippen molar-refractivity contribution in [3.05, 3.63) is 0 Å². The second-order valence-corrected chi connectivity index (χ2v) is 5.69. The van der Waals surface area contributed by atoms with E-state index >= 15 is 0 Å². The summed E-state index contributed by atoms with van der Waals surface area (Å²) >= 11 is 0. The summed E-state index contributed by atoms with van der Waals surface area (Å²) in [6.45, 7) is 5.14. The van der Waals surface area contributed by atoms with E-state index < -0.39 is 0 Å². The Kier molecular flexibility index (Phi) is 7.06. The van der Waals surface area contributed by atoms with Gasteiger partial charge in [0, 0.05) is 13.2 Å². The molecule has 1 fully saturated rings. The van der Waals surface area contributed by atoms with Gasteiger partial charge in [0.2, 0.25) is 0 Å². The molecule has 1 saturated carbocycles. The maximum absolute atomic E-state index is 8.66. The highest BCUT2D eigenvalue weighted by Gasteiger charge is 2.25. The van der Waals surface area contributed by atoms with Crippen molar-refractivity contribution in [1.82, 2.24) is 5.32 Å². The predicted octanol–water partition coefficient (Wildman–Crippen LogP) is 3.10. The minimum Gasteiger partial charge on any atom is -0.396 e. The van der Waals surface area contributed by atoms with Gasteiger partial charge in [0.25, 0.3) is 0 Å². The van der Waals surface area contributed by atoms with Gasteiger partial charge in [-0.05, 0) is 37.6 Å². The average Bonchev–Trinajstić information content (AvgIpc) is 2.29. The van der Waals surface area contributed by atoms with E-state index in [0.29, 0.717) is 12.0 Å². The molecule has 0 atom stereocenters. The summed E-state index contributed by atoms with van der Waals surface area (Å²) in [5.41, 5.74) is 0.573. The molecule has 0 bridgehead atoms. The molecule has 0 amide bonds. The van der Waals surface area contributed by atoms with Gasteiger partial charge in [0.15, 0.2) is 0 Å². The maximum Gasteiger partial charge on any atom is 0.0431 e. The number of nitrogens with one attached hydrogen (secondary N) is 1. The highest BCUT2D eigenvalue weighted by atomic mass is 16.2. The van der Waals surface area contributed by atoms with Crippen LogP contribution in [0.4, 0.5) is 0 Å². The van der Waals surface area contributed by atoms with Crippen LogP contribution in [0.3, 0.4) is 0 Å². The average molecular weight is 227 g/mol. The Morgan fingerprint density at radius 2 is 1.69 bits per heavy atom. The Labute approximate surface area is 101 Å². The Hall–Kier alpha value is -0.0800. The molecule has 0 saturated heterocycles. The number of aliphatic hydroxyl groups is 1. The Morgan fingerprint density at radius 3 is 2.38 bits per heavy atom. The highest BCUT2D eigenvalue weighted by Crippen LogP contribution is 2.34. The second kappa shape index (κ2) is 8.08. The molecule has 0 aromatic heterocycles. The van der Waals surface area contributed by atoms with E-state index in [4.69, 9.17) is 5.11 Å². The molecule has 1 rings (SSSR count). The molecule has 0 radical (unpaired) electrons. The monoisotopic (exact) mass is 227 g/mol. The lowest BCUT2D eigenvalue weighted by Crippen LogP contribution is -2.34. The van der Waals surface area contributed by atoms with E-state index in [-0.39, 0.29) is 0 Å². The lowest BCUT2D eigenvalue weighted by Gasteiger charge is -2.33. The molecule has 0 aromatic carbocycles. The van der Waals surface area contributed by atoms with Gasteiger partial charge < -0.3 is 10.4 Å². The van der Waals surface area contributed by atoms with Gasteiger partial charge in [-0.3, -0.25) is 0 Å². The fourth-order valence-corrected chi connectivity index (χ4v) is 2.69. The standard InChI is InChI=1S/C14H29NO/c1-14(9-5-4-6-10-14)13-15-11-7-2-3-8-12-16/h15-16H,2-13H2,1H3. The van der Waals surface area contributed by atoms with E-state index in [1.54, 1.807) is 0 Å². The third-order valence-corrected chi connectivity index (χ3v) is 3.87. The van der Waals surface area contributed by atoms with Crippen molar-refractivity contribution in [3.63, 3.8) is 0 Å². The van der Waals surface area contributed by atoms with Gasteiger partial charge in [-0.1, -0.05) is 39.0 Å². The molecule has 2 nitrogen and oxygen atoms in total. The summed E-state index contributed by atoms with van der Waals surface area (Å²) in [6.07, 6.45) is 11.8. The second-order valence-electron chi connectivity index (χ2n) is 5.69. The Bertz CT molecular complexity index is 164. The molecule has 0 aromatic rings. The normalized spacial score (nSPS) is 19.9. The van der Waals surface area contributed by atoms with Crippen LogP contribution in [0, 0.1) is 5.41 Å². The number of aliphatic hydroxyl groups excluding tert-OH is 1.